The van der Waals surface area contributed by atoms with Gasteiger partial charge in [-0.3, -0.25) is 4.79 Å². The molecule has 1 aliphatic carbocycles. The number of carbonyl (C=O) groups is 1. The van der Waals surface area contributed by atoms with Gasteiger partial charge in [0.15, 0.2) is 0 Å². The maximum atomic E-state index is 11.7. The Kier molecular flexibility index (Phi) is 5.87. The summed E-state index contributed by atoms with van der Waals surface area (Å²) in [4.78, 5) is 11.7. The molecular weight excluding hydrogens is 268 g/mol. The van der Waals surface area contributed by atoms with Crippen LogP contribution in [0.2, 0.25) is 0 Å². The molecule has 0 aliphatic heterocycles. The Balaban J connectivity index is 1.53. The molecule has 1 aromatic carbocycles. The molecule has 1 saturated carbocycles. The maximum Gasteiger partial charge on any atom is 0.220 e. The molecule has 0 spiro atoms. The van der Waals surface area contributed by atoms with Gasteiger partial charge < -0.3 is 20.5 Å². The number of benzene rings is 1. The van der Waals surface area contributed by atoms with Crippen LogP contribution in [-0.2, 0) is 9.53 Å². The summed E-state index contributed by atoms with van der Waals surface area (Å²) in [7, 11) is 0. The SMILES string of the molecule is CCOC1CC(CC(=O)NCCOc2ccc(N)cc2)C1. The molecule has 0 saturated heterocycles. The summed E-state index contributed by atoms with van der Waals surface area (Å²) in [5.74, 6) is 1.33. The molecule has 0 heterocycles. The van der Waals surface area contributed by atoms with Crippen LogP contribution in [0.25, 0.3) is 0 Å². The van der Waals surface area contributed by atoms with Gasteiger partial charge in [-0.15, -0.1) is 0 Å². The minimum absolute atomic E-state index is 0.0934. The van der Waals surface area contributed by atoms with E-state index in [1.807, 2.05) is 19.1 Å². The highest BCUT2D eigenvalue weighted by Crippen LogP contribution is 2.32. The van der Waals surface area contributed by atoms with Crippen LogP contribution in [0, 0.1) is 5.92 Å². The van der Waals surface area contributed by atoms with Gasteiger partial charge in [0, 0.05) is 18.7 Å². The zero-order valence-electron chi connectivity index (χ0n) is 12.5. The van der Waals surface area contributed by atoms with Gasteiger partial charge >= 0.3 is 0 Å². The van der Waals surface area contributed by atoms with Crippen molar-refractivity contribution in [3.63, 3.8) is 0 Å². The molecule has 1 aromatic rings. The standard InChI is InChI=1S/C16H24N2O3/c1-2-20-15-9-12(10-15)11-16(19)18-7-8-21-14-5-3-13(17)4-6-14/h3-6,12,15H,2,7-11,17H2,1H3,(H,18,19). The second kappa shape index (κ2) is 7.88. The number of ether oxygens (including phenoxy) is 2. The van der Waals surface area contributed by atoms with E-state index in [0.717, 1.165) is 25.2 Å². The fourth-order valence-corrected chi connectivity index (χ4v) is 2.47. The van der Waals surface area contributed by atoms with Crippen LogP contribution in [0.5, 0.6) is 5.75 Å². The molecule has 0 radical (unpaired) electrons. The van der Waals surface area contributed by atoms with Gasteiger partial charge in [0.2, 0.25) is 5.91 Å². The molecule has 21 heavy (non-hydrogen) atoms. The van der Waals surface area contributed by atoms with Gasteiger partial charge in [-0.25, -0.2) is 0 Å². The van der Waals surface area contributed by atoms with Gasteiger partial charge in [-0.2, -0.15) is 0 Å². The molecule has 0 unspecified atom stereocenters. The van der Waals surface area contributed by atoms with E-state index in [1.165, 1.54) is 0 Å². The molecule has 1 fully saturated rings. The Hall–Kier alpha value is -1.75. The van der Waals surface area contributed by atoms with E-state index in [0.29, 0.717) is 37.3 Å². The van der Waals surface area contributed by atoms with Gasteiger partial charge in [0.25, 0.3) is 0 Å². The molecule has 0 aromatic heterocycles. The first-order valence-corrected chi connectivity index (χ1v) is 7.54. The highest BCUT2D eigenvalue weighted by atomic mass is 16.5. The topological polar surface area (TPSA) is 73.6 Å². The van der Waals surface area contributed by atoms with E-state index in [1.54, 1.807) is 12.1 Å². The Bertz CT molecular complexity index is 441. The lowest BCUT2D eigenvalue weighted by molar-refractivity contribution is -0.124. The van der Waals surface area contributed by atoms with Gasteiger partial charge in [-0.1, -0.05) is 0 Å². The van der Waals surface area contributed by atoms with Crippen LogP contribution >= 0.6 is 0 Å². The molecule has 1 amide bonds. The summed E-state index contributed by atoms with van der Waals surface area (Å²) in [6.07, 6.45) is 2.96. The molecule has 116 valence electrons. The fourth-order valence-electron chi connectivity index (χ4n) is 2.47. The Morgan fingerprint density at radius 3 is 2.71 bits per heavy atom. The van der Waals surface area contributed by atoms with Crippen LogP contribution in [-0.4, -0.2) is 31.8 Å². The monoisotopic (exact) mass is 292 g/mol. The number of nitrogens with two attached hydrogens (primary N) is 1. The fraction of sp³-hybridized carbons (Fsp3) is 0.562. The van der Waals surface area contributed by atoms with Crippen LogP contribution in [0.4, 0.5) is 5.69 Å². The van der Waals surface area contributed by atoms with Crippen LogP contribution in [0.3, 0.4) is 0 Å². The molecule has 3 N–H and O–H groups in total. The Morgan fingerprint density at radius 2 is 2.05 bits per heavy atom. The Labute approximate surface area is 125 Å². The highest BCUT2D eigenvalue weighted by Gasteiger charge is 2.30. The second-order valence-electron chi connectivity index (χ2n) is 5.39. The van der Waals surface area contributed by atoms with Crippen molar-refractivity contribution >= 4 is 11.6 Å². The number of hydrogen-bond acceptors (Lipinski definition) is 4. The third-order valence-corrected chi connectivity index (χ3v) is 3.64. The number of hydrogen-bond donors (Lipinski definition) is 2. The molecule has 5 heteroatoms. The van der Waals surface area contributed by atoms with Crippen LogP contribution in [0.15, 0.2) is 24.3 Å². The third kappa shape index (κ3) is 5.27. The van der Waals surface area contributed by atoms with E-state index in [9.17, 15) is 4.79 Å². The number of nitrogens with one attached hydrogen (secondary N) is 1. The van der Waals surface area contributed by atoms with Crippen molar-refractivity contribution in [3.8, 4) is 5.75 Å². The molecule has 0 atom stereocenters. The summed E-state index contributed by atoms with van der Waals surface area (Å²) in [6, 6.07) is 7.22. The predicted octanol–water partition coefficient (Wildman–Crippen LogP) is 1.97. The maximum absolute atomic E-state index is 11.7. The predicted molar refractivity (Wildman–Crippen MR) is 82.1 cm³/mol. The third-order valence-electron chi connectivity index (χ3n) is 3.64. The lowest BCUT2D eigenvalue weighted by Gasteiger charge is -2.34. The first kappa shape index (κ1) is 15.6. The number of anilines is 1. The van der Waals surface area contributed by atoms with Crippen molar-refractivity contribution in [2.24, 2.45) is 5.92 Å². The number of carbonyl (C=O) groups excluding carboxylic acids is 1. The van der Waals surface area contributed by atoms with Gasteiger partial charge in [-0.05, 0) is 49.9 Å². The quantitative estimate of drug-likeness (QED) is 0.567. The number of amides is 1. The number of nitrogen functional groups attached to an aromatic ring is 1. The van der Waals surface area contributed by atoms with E-state index in [-0.39, 0.29) is 5.91 Å². The molecule has 1 aliphatic rings. The first-order valence-electron chi connectivity index (χ1n) is 7.54. The average Bonchev–Trinajstić information content (AvgIpc) is 2.43. The van der Waals surface area contributed by atoms with Crippen molar-refractivity contribution < 1.29 is 14.3 Å². The minimum Gasteiger partial charge on any atom is -0.492 e. The highest BCUT2D eigenvalue weighted by molar-refractivity contribution is 5.76. The summed E-state index contributed by atoms with van der Waals surface area (Å²) in [5, 5.41) is 2.88. The summed E-state index contributed by atoms with van der Waals surface area (Å²) in [5.41, 5.74) is 6.30. The van der Waals surface area contributed by atoms with E-state index >= 15 is 0 Å². The lowest BCUT2D eigenvalue weighted by Crippen LogP contribution is -2.36. The van der Waals surface area contributed by atoms with Crippen molar-refractivity contribution in [1.82, 2.24) is 5.32 Å². The summed E-state index contributed by atoms with van der Waals surface area (Å²) >= 11 is 0. The van der Waals surface area contributed by atoms with Crippen LogP contribution < -0.4 is 15.8 Å². The van der Waals surface area contributed by atoms with E-state index in [2.05, 4.69) is 5.32 Å². The van der Waals surface area contributed by atoms with Crippen molar-refractivity contribution in [2.45, 2.75) is 32.3 Å². The minimum atomic E-state index is 0.0934. The second-order valence-corrected chi connectivity index (χ2v) is 5.39. The molecular formula is C16H24N2O3. The van der Waals surface area contributed by atoms with Crippen LogP contribution in [0.1, 0.15) is 26.2 Å². The summed E-state index contributed by atoms with van der Waals surface area (Å²) < 4.78 is 11.0. The van der Waals surface area contributed by atoms with Gasteiger partial charge in [0.05, 0.1) is 12.6 Å². The molecule has 2 rings (SSSR count). The van der Waals surface area contributed by atoms with Crippen molar-refractivity contribution in [2.75, 3.05) is 25.5 Å². The van der Waals surface area contributed by atoms with Gasteiger partial charge in [0.1, 0.15) is 12.4 Å². The normalized spacial score (nSPS) is 20.6. The Morgan fingerprint density at radius 1 is 1.33 bits per heavy atom. The average molecular weight is 292 g/mol. The molecule has 0 bridgehead atoms. The lowest BCUT2D eigenvalue weighted by atomic mass is 9.80. The summed E-state index contributed by atoms with van der Waals surface area (Å²) in [6.45, 7) is 3.74. The van der Waals surface area contributed by atoms with E-state index < -0.39 is 0 Å². The molecule has 5 nitrogen and oxygen atoms in total. The number of rotatable bonds is 8. The first-order chi connectivity index (χ1) is 10.2. The van der Waals surface area contributed by atoms with E-state index in [4.69, 9.17) is 15.2 Å². The zero-order chi connectivity index (χ0) is 15.1. The van der Waals surface area contributed by atoms with Crippen molar-refractivity contribution in [1.29, 1.82) is 0 Å². The zero-order valence-corrected chi connectivity index (χ0v) is 12.5. The smallest absolute Gasteiger partial charge is 0.220 e. The largest absolute Gasteiger partial charge is 0.492 e. The van der Waals surface area contributed by atoms with Crippen molar-refractivity contribution in [3.05, 3.63) is 24.3 Å².